The van der Waals surface area contributed by atoms with Gasteiger partial charge in [-0.2, -0.15) is 0 Å². The minimum absolute atomic E-state index is 0.128. The highest BCUT2D eigenvalue weighted by molar-refractivity contribution is 6.46. The van der Waals surface area contributed by atoms with Crippen LogP contribution >= 0.6 is 0 Å². The molecule has 1 fully saturated rings. The number of carbonyl (C=O) groups is 2. The zero-order valence-corrected chi connectivity index (χ0v) is 21.6. The molecule has 6 nitrogen and oxygen atoms in total. The van der Waals surface area contributed by atoms with Gasteiger partial charge in [-0.05, 0) is 62.7 Å². The summed E-state index contributed by atoms with van der Waals surface area (Å²) in [4.78, 5) is 30.0. The third-order valence-electron chi connectivity index (χ3n) is 6.34. The number of ether oxygens (including phenoxy) is 1. The standard InChI is InChI=1S/C29H38N2O4/c1-6-7-18-35-24-11-8-10-23(19-24)27(32)25-26(22-14-12-21(13-15-22)20(2)3)31(29(34)28(25)33)17-9-16-30(4)5/h8,10-15,19-20,26,32H,6-7,9,16-18H2,1-5H3/b27-25+. The van der Waals surface area contributed by atoms with Gasteiger partial charge in [0.15, 0.2) is 0 Å². The van der Waals surface area contributed by atoms with Crippen LogP contribution in [0.25, 0.3) is 5.76 Å². The van der Waals surface area contributed by atoms with Crippen molar-refractivity contribution in [2.24, 2.45) is 0 Å². The molecule has 0 saturated carbocycles. The molecule has 6 heteroatoms. The summed E-state index contributed by atoms with van der Waals surface area (Å²) in [5, 5.41) is 11.3. The van der Waals surface area contributed by atoms with Crippen molar-refractivity contribution in [3.8, 4) is 5.75 Å². The molecule has 1 aliphatic heterocycles. The summed E-state index contributed by atoms with van der Waals surface area (Å²) < 4.78 is 5.79. The molecule has 35 heavy (non-hydrogen) atoms. The molecule has 1 aliphatic rings. The fourth-order valence-corrected chi connectivity index (χ4v) is 4.30. The van der Waals surface area contributed by atoms with Crippen LogP contribution in [0.2, 0.25) is 0 Å². The Kier molecular flexibility index (Phi) is 9.10. The number of unbranched alkanes of at least 4 members (excludes halogenated alkanes) is 1. The first-order valence-electron chi connectivity index (χ1n) is 12.5. The molecule has 2 aromatic carbocycles. The molecule has 0 spiro atoms. The van der Waals surface area contributed by atoms with Gasteiger partial charge in [0, 0.05) is 12.1 Å². The van der Waals surface area contributed by atoms with Gasteiger partial charge in [0.2, 0.25) is 0 Å². The van der Waals surface area contributed by atoms with E-state index in [0.717, 1.165) is 31.4 Å². The van der Waals surface area contributed by atoms with Crippen LogP contribution < -0.4 is 4.74 Å². The molecular weight excluding hydrogens is 440 g/mol. The van der Waals surface area contributed by atoms with Gasteiger partial charge in [0.1, 0.15) is 11.5 Å². The van der Waals surface area contributed by atoms with Crippen LogP contribution in [0.4, 0.5) is 0 Å². The number of amides is 1. The molecule has 188 valence electrons. The second kappa shape index (κ2) is 12.0. The summed E-state index contributed by atoms with van der Waals surface area (Å²) >= 11 is 0. The van der Waals surface area contributed by atoms with Gasteiger partial charge in [-0.1, -0.05) is 63.6 Å². The Balaban J connectivity index is 2.04. The molecule has 0 bridgehead atoms. The molecule has 1 saturated heterocycles. The van der Waals surface area contributed by atoms with E-state index in [2.05, 4.69) is 20.8 Å². The molecule has 0 radical (unpaired) electrons. The maximum Gasteiger partial charge on any atom is 0.295 e. The molecule has 2 aromatic rings. The van der Waals surface area contributed by atoms with Crippen molar-refractivity contribution in [2.75, 3.05) is 33.8 Å². The number of carbonyl (C=O) groups excluding carboxylic acids is 2. The average Bonchev–Trinajstić information content (AvgIpc) is 3.09. The predicted molar refractivity (Wildman–Crippen MR) is 140 cm³/mol. The summed E-state index contributed by atoms with van der Waals surface area (Å²) in [6.45, 7) is 8.14. The lowest BCUT2D eigenvalue weighted by molar-refractivity contribution is -0.139. The van der Waals surface area contributed by atoms with E-state index in [1.165, 1.54) is 5.56 Å². The van der Waals surface area contributed by atoms with E-state index in [-0.39, 0.29) is 11.3 Å². The van der Waals surface area contributed by atoms with E-state index in [1.807, 2.05) is 49.3 Å². The maximum atomic E-state index is 13.2. The molecule has 0 aliphatic carbocycles. The summed E-state index contributed by atoms with van der Waals surface area (Å²) in [5.41, 5.74) is 2.59. The van der Waals surface area contributed by atoms with E-state index in [1.54, 1.807) is 23.1 Å². The van der Waals surface area contributed by atoms with Crippen LogP contribution in [0, 0.1) is 0 Å². The van der Waals surface area contributed by atoms with Gasteiger partial charge >= 0.3 is 0 Å². The smallest absolute Gasteiger partial charge is 0.295 e. The fourth-order valence-electron chi connectivity index (χ4n) is 4.30. The van der Waals surface area contributed by atoms with Crippen molar-refractivity contribution in [3.05, 3.63) is 70.8 Å². The third-order valence-corrected chi connectivity index (χ3v) is 6.34. The quantitative estimate of drug-likeness (QED) is 0.204. The first-order chi connectivity index (χ1) is 16.7. The van der Waals surface area contributed by atoms with Gasteiger partial charge in [0.05, 0.1) is 18.2 Å². The highest BCUT2D eigenvalue weighted by Gasteiger charge is 2.45. The summed E-state index contributed by atoms with van der Waals surface area (Å²) in [5.74, 6) is -0.398. The highest BCUT2D eigenvalue weighted by atomic mass is 16.5. The van der Waals surface area contributed by atoms with Crippen LogP contribution in [-0.2, 0) is 9.59 Å². The number of benzene rings is 2. The lowest BCUT2D eigenvalue weighted by Gasteiger charge is -2.26. The monoisotopic (exact) mass is 478 g/mol. The van der Waals surface area contributed by atoms with Crippen molar-refractivity contribution < 1.29 is 19.4 Å². The molecule has 0 aromatic heterocycles. The number of aliphatic hydroxyl groups is 1. The Bertz CT molecular complexity index is 1060. The molecule has 1 heterocycles. The Labute approximate surface area is 209 Å². The lowest BCUT2D eigenvalue weighted by atomic mass is 9.93. The SMILES string of the molecule is CCCCOc1cccc(/C(O)=C2\C(=O)C(=O)N(CCCN(C)C)C2c2ccc(C(C)C)cc2)c1. The van der Waals surface area contributed by atoms with Crippen LogP contribution in [0.3, 0.4) is 0 Å². The average molecular weight is 479 g/mol. The van der Waals surface area contributed by atoms with E-state index < -0.39 is 17.7 Å². The predicted octanol–water partition coefficient (Wildman–Crippen LogP) is 5.36. The van der Waals surface area contributed by atoms with Gasteiger partial charge in [-0.3, -0.25) is 9.59 Å². The molecule has 1 unspecified atom stereocenters. The largest absolute Gasteiger partial charge is 0.507 e. The number of hydrogen-bond donors (Lipinski definition) is 1. The van der Waals surface area contributed by atoms with Crippen molar-refractivity contribution in [1.29, 1.82) is 0 Å². The Morgan fingerprint density at radius 3 is 2.43 bits per heavy atom. The van der Waals surface area contributed by atoms with Gasteiger partial charge < -0.3 is 19.6 Å². The molecule has 1 atom stereocenters. The van der Waals surface area contributed by atoms with E-state index >= 15 is 0 Å². The zero-order valence-electron chi connectivity index (χ0n) is 21.6. The molecule has 1 amide bonds. The van der Waals surface area contributed by atoms with Gasteiger partial charge in [-0.25, -0.2) is 0 Å². The molecule has 1 N–H and O–H groups in total. The van der Waals surface area contributed by atoms with E-state index in [0.29, 0.717) is 30.4 Å². The summed E-state index contributed by atoms with van der Waals surface area (Å²) in [7, 11) is 3.96. The number of aliphatic hydroxyl groups excluding tert-OH is 1. The first-order valence-corrected chi connectivity index (χ1v) is 12.5. The second-order valence-corrected chi connectivity index (χ2v) is 9.70. The highest BCUT2D eigenvalue weighted by Crippen LogP contribution is 2.40. The van der Waals surface area contributed by atoms with Crippen LogP contribution in [0.1, 0.15) is 68.7 Å². The third kappa shape index (κ3) is 6.31. The van der Waals surface area contributed by atoms with Gasteiger partial charge in [-0.15, -0.1) is 0 Å². The Morgan fingerprint density at radius 1 is 1.09 bits per heavy atom. The second-order valence-electron chi connectivity index (χ2n) is 9.70. The number of likely N-dealkylation sites (tertiary alicyclic amines) is 1. The molecule has 3 rings (SSSR count). The summed E-state index contributed by atoms with van der Waals surface area (Å²) in [6, 6.07) is 14.4. The number of nitrogens with zero attached hydrogens (tertiary/aromatic N) is 2. The number of ketones is 1. The van der Waals surface area contributed by atoms with Crippen molar-refractivity contribution in [2.45, 2.75) is 52.0 Å². The van der Waals surface area contributed by atoms with Crippen LogP contribution in [0.15, 0.2) is 54.1 Å². The molecular formula is C29H38N2O4. The number of Topliss-reactive ketones (excluding diaryl/α,β-unsaturated/α-hetero) is 1. The topological polar surface area (TPSA) is 70.1 Å². The van der Waals surface area contributed by atoms with Crippen molar-refractivity contribution in [1.82, 2.24) is 9.80 Å². The van der Waals surface area contributed by atoms with E-state index in [9.17, 15) is 14.7 Å². The van der Waals surface area contributed by atoms with Crippen LogP contribution in [0.5, 0.6) is 5.75 Å². The van der Waals surface area contributed by atoms with E-state index in [4.69, 9.17) is 4.74 Å². The Hall–Kier alpha value is -3.12. The van der Waals surface area contributed by atoms with Crippen molar-refractivity contribution >= 4 is 17.4 Å². The lowest BCUT2D eigenvalue weighted by Crippen LogP contribution is -2.32. The fraction of sp³-hybridized carbons (Fsp3) is 0.448. The van der Waals surface area contributed by atoms with Crippen molar-refractivity contribution in [3.63, 3.8) is 0 Å². The Morgan fingerprint density at radius 2 is 1.80 bits per heavy atom. The minimum atomic E-state index is -0.650. The van der Waals surface area contributed by atoms with Crippen LogP contribution in [-0.4, -0.2) is 60.4 Å². The van der Waals surface area contributed by atoms with Gasteiger partial charge in [0.25, 0.3) is 11.7 Å². The summed E-state index contributed by atoms with van der Waals surface area (Å²) in [6.07, 6.45) is 2.68. The number of hydrogen-bond acceptors (Lipinski definition) is 5. The minimum Gasteiger partial charge on any atom is -0.507 e. The first kappa shape index (κ1) is 26.5. The zero-order chi connectivity index (χ0) is 25.5. The normalized spacial score (nSPS) is 17.6. The maximum absolute atomic E-state index is 13.2. The number of rotatable bonds is 11.